The van der Waals surface area contributed by atoms with Crippen LogP contribution in [-0.2, 0) is 5.60 Å². The third-order valence-electron chi connectivity index (χ3n) is 4.05. The van der Waals surface area contributed by atoms with Gasteiger partial charge in [0.2, 0.25) is 0 Å². The first-order chi connectivity index (χ1) is 8.99. The molecule has 2 aromatic rings. The van der Waals surface area contributed by atoms with Crippen molar-refractivity contribution in [2.75, 3.05) is 0 Å². The lowest BCUT2D eigenvalue weighted by Gasteiger charge is -2.30. The molecule has 1 unspecified atom stereocenters. The Bertz CT molecular complexity index is 572. The fourth-order valence-electron chi connectivity index (χ4n) is 2.67. The van der Waals surface area contributed by atoms with Crippen LogP contribution >= 0.6 is 0 Å². The second-order valence-corrected chi connectivity index (χ2v) is 5.33. The average molecular weight is 254 g/mol. The summed E-state index contributed by atoms with van der Waals surface area (Å²) in [5.74, 6) is 0. The molecular weight excluding hydrogens is 232 g/mol. The molecule has 0 aliphatic carbocycles. The molecule has 19 heavy (non-hydrogen) atoms. The summed E-state index contributed by atoms with van der Waals surface area (Å²) in [7, 11) is 0. The van der Waals surface area contributed by atoms with E-state index in [1.807, 2.05) is 37.3 Å². The van der Waals surface area contributed by atoms with E-state index < -0.39 is 5.60 Å². The predicted octanol–water partition coefficient (Wildman–Crippen LogP) is 4.26. The molecule has 0 amide bonds. The Kier molecular flexibility index (Phi) is 3.77. The van der Waals surface area contributed by atoms with Gasteiger partial charge in [0.15, 0.2) is 0 Å². The smallest absolute Gasteiger partial charge is 0.115 e. The van der Waals surface area contributed by atoms with Crippen LogP contribution in [0.3, 0.4) is 0 Å². The lowest BCUT2D eigenvalue weighted by Crippen LogP contribution is -2.27. The van der Waals surface area contributed by atoms with Crippen LogP contribution in [0, 0.1) is 20.8 Å². The van der Waals surface area contributed by atoms with Gasteiger partial charge in [-0.3, -0.25) is 0 Å². The maximum atomic E-state index is 11.2. The van der Waals surface area contributed by atoms with Gasteiger partial charge in [-0.2, -0.15) is 0 Å². The Morgan fingerprint density at radius 1 is 0.895 bits per heavy atom. The van der Waals surface area contributed by atoms with E-state index in [0.717, 1.165) is 16.7 Å². The third-order valence-corrected chi connectivity index (χ3v) is 4.05. The summed E-state index contributed by atoms with van der Waals surface area (Å²) in [6.45, 7) is 8.31. The molecule has 0 spiro atoms. The number of aliphatic hydroxyl groups is 1. The zero-order chi connectivity index (χ0) is 14.0. The van der Waals surface area contributed by atoms with Gasteiger partial charge in [0.1, 0.15) is 5.60 Å². The monoisotopic (exact) mass is 254 g/mol. The van der Waals surface area contributed by atoms with E-state index in [2.05, 4.69) is 32.9 Å². The topological polar surface area (TPSA) is 20.2 Å². The molecule has 1 N–H and O–H groups in total. The SMILES string of the molecule is CCC(O)(c1ccccc1)c1cc(C)c(C)cc1C. The van der Waals surface area contributed by atoms with Gasteiger partial charge < -0.3 is 5.11 Å². The van der Waals surface area contributed by atoms with Crippen LogP contribution in [-0.4, -0.2) is 5.11 Å². The molecule has 0 aromatic heterocycles. The maximum absolute atomic E-state index is 11.2. The van der Waals surface area contributed by atoms with Crippen LogP contribution in [0.4, 0.5) is 0 Å². The first kappa shape index (κ1) is 13.8. The largest absolute Gasteiger partial charge is 0.380 e. The standard InChI is InChI=1S/C18H22O/c1-5-18(19,16-9-7-6-8-10-16)17-12-14(3)13(2)11-15(17)4/h6-12,19H,5H2,1-4H3. The fraction of sp³-hybridized carbons (Fsp3) is 0.333. The highest BCUT2D eigenvalue weighted by atomic mass is 16.3. The number of hydrogen-bond acceptors (Lipinski definition) is 1. The Balaban J connectivity index is 2.63. The Morgan fingerprint density at radius 3 is 2.05 bits per heavy atom. The van der Waals surface area contributed by atoms with Gasteiger partial charge in [0, 0.05) is 0 Å². The van der Waals surface area contributed by atoms with Gasteiger partial charge in [-0.25, -0.2) is 0 Å². The van der Waals surface area contributed by atoms with Gasteiger partial charge in [-0.05, 0) is 55.0 Å². The lowest BCUT2D eigenvalue weighted by atomic mass is 9.80. The van der Waals surface area contributed by atoms with Gasteiger partial charge in [0.05, 0.1) is 0 Å². The normalized spacial score (nSPS) is 14.2. The molecule has 0 aliphatic rings. The van der Waals surface area contributed by atoms with Gasteiger partial charge in [-0.15, -0.1) is 0 Å². The Hall–Kier alpha value is -1.60. The molecule has 1 atom stereocenters. The van der Waals surface area contributed by atoms with Crippen molar-refractivity contribution >= 4 is 0 Å². The van der Waals surface area contributed by atoms with Crippen molar-refractivity contribution in [3.8, 4) is 0 Å². The van der Waals surface area contributed by atoms with Gasteiger partial charge in [0.25, 0.3) is 0 Å². The molecule has 0 aliphatic heterocycles. The van der Waals surface area contributed by atoms with Crippen LogP contribution in [0.15, 0.2) is 42.5 Å². The molecule has 0 saturated heterocycles. The van der Waals surface area contributed by atoms with Crippen LogP contribution < -0.4 is 0 Å². The first-order valence-corrected chi connectivity index (χ1v) is 6.85. The summed E-state index contributed by atoms with van der Waals surface area (Å²) in [5, 5.41) is 11.2. The van der Waals surface area contributed by atoms with E-state index in [-0.39, 0.29) is 0 Å². The molecule has 0 heterocycles. The van der Waals surface area contributed by atoms with Crippen molar-refractivity contribution in [2.45, 2.75) is 39.7 Å². The summed E-state index contributed by atoms with van der Waals surface area (Å²) in [5.41, 5.74) is 4.73. The number of hydrogen-bond donors (Lipinski definition) is 1. The summed E-state index contributed by atoms with van der Waals surface area (Å²) >= 11 is 0. The summed E-state index contributed by atoms with van der Waals surface area (Å²) < 4.78 is 0. The molecular formula is C18H22O. The highest BCUT2D eigenvalue weighted by Crippen LogP contribution is 2.35. The molecule has 0 saturated carbocycles. The second-order valence-electron chi connectivity index (χ2n) is 5.33. The van der Waals surface area contributed by atoms with Crippen LogP contribution in [0.1, 0.15) is 41.2 Å². The third kappa shape index (κ3) is 2.43. The first-order valence-electron chi connectivity index (χ1n) is 6.85. The molecule has 2 aromatic carbocycles. The van der Waals surface area contributed by atoms with Crippen molar-refractivity contribution in [2.24, 2.45) is 0 Å². The predicted molar refractivity (Wildman–Crippen MR) is 80.4 cm³/mol. The van der Waals surface area contributed by atoms with Crippen LogP contribution in [0.2, 0.25) is 0 Å². The van der Waals surface area contributed by atoms with Crippen LogP contribution in [0.25, 0.3) is 0 Å². The van der Waals surface area contributed by atoms with Crippen molar-refractivity contribution in [3.05, 3.63) is 70.3 Å². The molecule has 0 fully saturated rings. The summed E-state index contributed by atoms with van der Waals surface area (Å²) in [6.07, 6.45) is 0.667. The van der Waals surface area contributed by atoms with Crippen LogP contribution in [0.5, 0.6) is 0 Å². The molecule has 100 valence electrons. The minimum Gasteiger partial charge on any atom is -0.380 e. The van der Waals surface area contributed by atoms with E-state index >= 15 is 0 Å². The molecule has 2 rings (SSSR count). The van der Waals surface area contributed by atoms with E-state index in [1.54, 1.807) is 0 Å². The molecule has 1 nitrogen and oxygen atoms in total. The summed E-state index contributed by atoms with van der Waals surface area (Å²) in [6, 6.07) is 14.2. The quantitative estimate of drug-likeness (QED) is 0.867. The minimum atomic E-state index is -0.899. The second kappa shape index (κ2) is 5.18. The summed E-state index contributed by atoms with van der Waals surface area (Å²) in [4.78, 5) is 0. The average Bonchev–Trinajstić information content (AvgIpc) is 2.43. The van der Waals surface area contributed by atoms with Crippen molar-refractivity contribution in [1.82, 2.24) is 0 Å². The number of aryl methyl sites for hydroxylation is 3. The van der Waals surface area contributed by atoms with E-state index in [1.165, 1.54) is 11.1 Å². The van der Waals surface area contributed by atoms with E-state index in [9.17, 15) is 5.11 Å². The zero-order valence-electron chi connectivity index (χ0n) is 12.2. The molecule has 0 radical (unpaired) electrons. The lowest BCUT2D eigenvalue weighted by molar-refractivity contribution is 0.0758. The zero-order valence-corrected chi connectivity index (χ0v) is 12.2. The number of benzene rings is 2. The van der Waals surface area contributed by atoms with E-state index in [4.69, 9.17) is 0 Å². The van der Waals surface area contributed by atoms with Crippen molar-refractivity contribution < 1.29 is 5.11 Å². The minimum absolute atomic E-state index is 0.667. The van der Waals surface area contributed by atoms with Gasteiger partial charge in [-0.1, -0.05) is 49.4 Å². The Labute approximate surface area is 115 Å². The highest BCUT2D eigenvalue weighted by Gasteiger charge is 2.31. The van der Waals surface area contributed by atoms with E-state index in [0.29, 0.717) is 6.42 Å². The Morgan fingerprint density at radius 2 is 1.47 bits per heavy atom. The molecule has 1 heteroatoms. The number of rotatable bonds is 3. The molecule has 0 bridgehead atoms. The van der Waals surface area contributed by atoms with Gasteiger partial charge >= 0.3 is 0 Å². The highest BCUT2D eigenvalue weighted by molar-refractivity contribution is 5.44. The maximum Gasteiger partial charge on any atom is 0.115 e. The van der Waals surface area contributed by atoms with Crippen molar-refractivity contribution in [3.63, 3.8) is 0 Å². The fourth-order valence-corrected chi connectivity index (χ4v) is 2.67. The van der Waals surface area contributed by atoms with Crippen molar-refractivity contribution in [1.29, 1.82) is 0 Å².